The Morgan fingerprint density at radius 3 is 2.47 bits per heavy atom. The molecule has 0 saturated carbocycles. The van der Waals surface area contributed by atoms with Crippen LogP contribution in [0.4, 0.5) is 17.5 Å². The molecule has 1 aliphatic heterocycles. The van der Waals surface area contributed by atoms with E-state index in [1.54, 1.807) is 18.2 Å². The van der Waals surface area contributed by atoms with E-state index in [-0.39, 0.29) is 29.0 Å². The van der Waals surface area contributed by atoms with Crippen LogP contribution in [0.25, 0.3) is 0 Å². The molecule has 0 bridgehead atoms. The molecular weight excluding hydrogens is 404 g/mol. The van der Waals surface area contributed by atoms with Gasteiger partial charge in [0.25, 0.3) is 0 Å². The molecule has 0 unspecified atom stereocenters. The second-order valence-corrected chi connectivity index (χ2v) is 8.57. The number of carbonyl (C=O) groups is 1. The van der Waals surface area contributed by atoms with Gasteiger partial charge in [0.15, 0.2) is 11.0 Å². The lowest BCUT2D eigenvalue weighted by Crippen LogP contribution is -2.58. The number of anilines is 3. The fraction of sp³-hybridized carbons (Fsp3) is 0.524. The van der Waals surface area contributed by atoms with Gasteiger partial charge in [0.05, 0.1) is 19.3 Å². The SMILES string of the molecule is COc1c(C)cnc(CN2c3nc(N)nc(Cl)c3N(C(C)C)C(=O)[C@@H]2C(C)C)c1C. The number of amides is 1. The zero-order valence-corrected chi connectivity index (χ0v) is 19.3. The number of rotatable bonds is 5. The van der Waals surface area contributed by atoms with Crippen LogP contribution < -0.4 is 20.3 Å². The molecule has 2 aromatic heterocycles. The number of hydrogen-bond acceptors (Lipinski definition) is 7. The predicted octanol–water partition coefficient (Wildman–Crippen LogP) is 3.52. The van der Waals surface area contributed by atoms with Gasteiger partial charge in [0.2, 0.25) is 11.9 Å². The van der Waals surface area contributed by atoms with Gasteiger partial charge < -0.3 is 20.3 Å². The van der Waals surface area contributed by atoms with E-state index in [1.807, 2.05) is 46.4 Å². The summed E-state index contributed by atoms with van der Waals surface area (Å²) in [6.07, 6.45) is 1.78. The van der Waals surface area contributed by atoms with E-state index in [0.29, 0.717) is 18.1 Å². The molecule has 3 rings (SSSR count). The third kappa shape index (κ3) is 3.64. The van der Waals surface area contributed by atoms with Crippen LogP contribution in [0.1, 0.15) is 44.5 Å². The minimum atomic E-state index is -0.446. The molecule has 0 radical (unpaired) electrons. The van der Waals surface area contributed by atoms with Gasteiger partial charge in [-0.3, -0.25) is 9.78 Å². The van der Waals surface area contributed by atoms with Crippen LogP contribution in [-0.2, 0) is 11.3 Å². The van der Waals surface area contributed by atoms with Crippen molar-refractivity contribution >= 4 is 35.0 Å². The molecule has 0 aliphatic carbocycles. The van der Waals surface area contributed by atoms with Gasteiger partial charge >= 0.3 is 0 Å². The van der Waals surface area contributed by atoms with Gasteiger partial charge in [-0.05, 0) is 33.6 Å². The quantitative estimate of drug-likeness (QED) is 0.721. The minimum Gasteiger partial charge on any atom is -0.496 e. The monoisotopic (exact) mass is 432 g/mol. The Morgan fingerprint density at radius 2 is 1.90 bits per heavy atom. The molecule has 162 valence electrons. The summed E-state index contributed by atoms with van der Waals surface area (Å²) in [5.41, 5.74) is 9.10. The molecule has 3 heterocycles. The number of aromatic nitrogens is 3. The van der Waals surface area contributed by atoms with Crippen LogP contribution in [0.5, 0.6) is 5.75 Å². The average Bonchev–Trinajstić information content (AvgIpc) is 2.64. The molecule has 0 aromatic carbocycles. The van der Waals surface area contributed by atoms with E-state index in [4.69, 9.17) is 22.1 Å². The molecule has 30 heavy (non-hydrogen) atoms. The van der Waals surface area contributed by atoms with Crippen molar-refractivity contribution in [2.75, 3.05) is 22.6 Å². The van der Waals surface area contributed by atoms with Crippen LogP contribution in [0.2, 0.25) is 5.15 Å². The molecule has 0 saturated heterocycles. The second-order valence-electron chi connectivity index (χ2n) is 8.21. The maximum absolute atomic E-state index is 13.6. The first-order valence-electron chi connectivity index (χ1n) is 10.00. The maximum Gasteiger partial charge on any atom is 0.250 e. The normalized spacial score (nSPS) is 16.5. The summed E-state index contributed by atoms with van der Waals surface area (Å²) >= 11 is 6.46. The molecule has 1 atom stereocenters. The van der Waals surface area contributed by atoms with E-state index in [0.717, 1.165) is 22.6 Å². The summed E-state index contributed by atoms with van der Waals surface area (Å²) in [7, 11) is 1.64. The van der Waals surface area contributed by atoms with E-state index in [1.165, 1.54) is 0 Å². The third-order valence-corrected chi connectivity index (χ3v) is 5.66. The molecule has 1 aliphatic rings. The molecule has 0 fully saturated rings. The Balaban J connectivity index is 2.22. The fourth-order valence-electron chi connectivity index (χ4n) is 4.08. The molecule has 2 aromatic rings. The second kappa shape index (κ2) is 8.26. The summed E-state index contributed by atoms with van der Waals surface area (Å²) in [5, 5.41) is 0.165. The van der Waals surface area contributed by atoms with Crippen molar-refractivity contribution in [2.45, 2.75) is 60.2 Å². The smallest absolute Gasteiger partial charge is 0.250 e. The van der Waals surface area contributed by atoms with Crippen molar-refractivity contribution in [1.82, 2.24) is 15.0 Å². The zero-order chi connectivity index (χ0) is 22.3. The average molecular weight is 433 g/mol. The largest absolute Gasteiger partial charge is 0.496 e. The van der Waals surface area contributed by atoms with Crippen molar-refractivity contribution in [1.29, 1.82) is 0 Å². The summed E-state index contributed by atoms with van der Waals surface area (Å²) in [6.45, 7) is 12.2. The molecule has 8 nitrogen and oxygen atoms in total. The Labute approximate surface area is 182 Å². The number of hydrogen-bond donors (Lipinski definition) is 1. The number of ether oxygens (including phenoxy) is 1. The summed E-state index contributed by atoms with van der Waals surface area (Å²) < 4.78 is 5.56. The zero-order valence-electron chi connectivity index (χ0n) is 18.5. The van der Waals surface area contributed by atoms with Gasteiger partial charge in [-0.15, -0.1) is 0 Å². The van der Waals surface area contributed by atoms with Crippen LogP contribution in [0.3, 0.4) is 0 Å². The van der Waals surface area contributed by atoms with Crippen LogP contribution >= 0.6 is 11.6 Å². The molecule has 0 spiro atoms. The minimum absolute atomic E-state index is 0.0227. The summed E-state index contributed by atoms with van der Waals surface area (Å²) in [6, 6.07) is -0.553. The van der Waals surface area contributed by atoms with Gasteiger partial charge in [-0.25, -0.2) is 0 Å². The van der Waals surface area contributed by atoms with Gasteiger partial charge in [0, 0.05) is 23.4 Å². The first kappa shape index (κ1) is 22.1. The Morgan fingerprint density at radius 1 is 1.23 bits per heavy atom. The van der Waals surface area contributed by atoms with Gasteiger partial charge in [-0.2, -0.15) is 9.97 Å². The van der Waals surface area contributed by atoms with Gasteiger partial charge in [0.1, 0.15) is 17.5 Å². The number of fused-ring (bicyclic) bond motifs is 1. The van der Waals surface area contributed by atoms with E-state index < -0.39 is 6.04 Å². The number of nitrogen functional groups attached to an aromatic ring is 1. The van der Waals surface area contributed by atoms with Crippen molar-refractivity contribution in [2.24, 2.45) is 5.92 Å². The van der Waals surface area contributed by atoms with Crippen molar-refractivity contribution in [3.05, 3.63) is 28.2 Å². The highest BCUT2D eigenvalue weighted by molar-refractivity contribution is 6.34. The van der Waals surface area contributed by atoms with Gasteiger partial charge in [-0.1, -0.05) is 25.4 Å². The predicted molar refractivity (Wildman–Crippen MR) is 119 cm³/mol. The number of nitrogens with two attached hydrogens (primary N) is 1. The summed E-state index contributed by atoms with van der Waals surface area (Å²) in [4.78, 5) is 30.4. The van der Waals surface area contributed by atoms with Crippen molar-refractivity contribution < 1.29 is 9.53 Å². The maximum atomic E-state index is 13.6. The highest BCUT2D eigenvalue weighted by Crippen LogP contribution is 2.43. The number of aryl methyl sites for hydroxylation is 1. The first-order chi connectivity index (χ1) is 14.1. The van der Waals surface area contributed by atoms with Crippen LogP contribution in [0.15, 0.2) is 6.20 Å². The summed E-state index contributed by atoms with van der Waals surface area (Å²) in [5.74, 6) is 1.37. The number of halogens is 1. The highest BCUT2D eigenvalue weighted by Gasteiger charge is 2.43. The molecule has 1 amide bonds. The van der Waals surface area contributed by atoms with Crippen LogP contribution in [-0.4, -0.2) is 40.1 Å². The number of pyridine rings is 1. The van der Waals surface area contributed by atoms with E-state index in [9.17, 15) is 4.79 Å². The molecule has 2 N–H and O–H groups in total. The van der Waals surface area contributed by atoms with Crippen molar-refractivity contribution in [3.63, 3.8) is 0 Å². The lowest BCUT2D eigenvalue weighted by Gasteiger charge is -2.45. The fourth-order valence-corrected chi connectivity index (χ4v) is 4.34. The van der Waals surface area contributed by atoms with Crippen molar-refractivity contribution in [3.8, 4) is 5.75 Å². The standard InChI is InChI=1S/C21H29ClN6O2/c1-10(2)15-20(29)28(11(3)4)16-18(22)25-21(23)26-19(16)27(15)9-14-13(6)17(30-7)12(5)8-24-14/h8,10-11,15H,9H2,1-7H3,(H2,23,25,26)/t15-/m0/s1. The lowest BCUT2D eigenvalue weighted by molar-refractivity contribution is -0.121. The third-order valence-electron chi connectivity index (χ3n) is 5.40. The van der Waals surface area contributed by atoms with Crippen LogP contribution in [0, 0.1) is 19.8 Å². The Bertz CT molecular complexity index is 978. The number of nitrogens with zero attached hydrogens (tertiary/aromatic N) is 5. The first-order valence-corrected chi connectivity index (χ1v) is 10.4. The Hall–Kier alpha value is -2.61. The lowest BCUT2D eigenvalue weighted by atomic mass is 9.96. The topological polar surface area (TPSA) is 97.5 Å². The highest BCUT2D eigenvalue weighted by atomic mass is 35.5. The molecule has 9 heteroatoms. The number of carbonyl (C=O) groups excluding carboxylic acids is 1. The number of methoxy groups -OCH3 is 1. The molecular formula is C21H29ClN6O2. The van der Waals surface area contributed by atoms with E-state index in [2.05, 4.69) is 15.0 Å². The Kier molecular flexibility index (Phi) is 6.08. The van der Waals surface area contributed by atoms with E-state index >= 15 is 0 Å².